The van der Waals surface area contributed by atoms with Gasteiger partial charge in [0.25, 0.3) is 0 Å². The Labute approximate surface area is 108 Å². The van der Waals surface area contributed by atoms with Crippen molar-refractivity contribution in [1.29, 1.82) is 0 Å². The number of hydrogen-bond acceptors (Lipinski definition) is 5. The third-order valence-corrected chi connectivity index (χ3v) is 6.65. The molecule has 3 unspecified atom stereocenters. The van der Waals surface area contributed by atoms with Gasteiger partial charge in [0.05, 0.1) is 11.0 Å². The molecule has 2 aliphatic rings. The molecule has 7 heteroatoms. The van der Waals surface area contributed by atoms with Crippen molar-refractivity contribution >= 4 is 19.7 Å². The predicted octanol–water partition coefficient (Wildman–Crippen LogP) is 0.243. The molecule has 0 spiro atoms. The van der Waals surface area contributed by atoms with Gasteiger partial charge in [0, 0.05) is 23.7 Å². The molecular weight excluding hydrogens is 274 g/mol. The molecule has 0 amide bonds. The standard InChI is InChI=1S/C11H19NO4S2/c1-17(13,14)11-4-2-3-9(7-11)12-10-5-6-18(15,16)8-10/h5-6,9-12H,2-4,7-8H2,1H3. The van der Waals surface area contributed by atoms with Gasteiger partial charge in [-0.3, -0.25) is 0 Å². The molecule has 0 saturated heterocycles. The predicted molar refractivity (Wildman–Crippen MR) is 70.7 cm³/mol. The summed E-state index contributed by atoms with van der Waals surface area (Å²) in [6.07, 6.45) is 6.02. The third kappa shape index (κ3) is 3.55. The van der Waals surface area contributed by atoms with Crippen molar-refractivity contribution in [3.05, 3.63) is 11.5 Å². The second-order valence-corrected chi connectivity index (χ2v) is 9.50. The monoisotopic (exact) mass is 293 g/mol. The Balaban J connectivity index is 1.93. The van der Waals surface area contributed by atoms with Crippen molar-refractivity contribution in [3.63, 3.8) is 0 Å². The van der Waals surface area contributed by atoms with Crippen LogP contribution in [0.25, 0.3) is 0 Å². The van der Waals surface area contributed by atoms with Gasteiger partial charge in [0.1, 0.15) is 9.84 Å². The van der Waals surface area contributed by atoms with Crippen molar-refractivity contribution in [2.45, 2.75) is 43.0 Å². The Morgan fingerprint density at radius 2 is 2.00 bits per heavy atom. The zero-order valence-corrected chi connectivity index (χ0v) is 12.0. The molecule has 1 heterocycles. The lowest BCUT2D eigenvalue weighted by atomic mass is 9.94. The number of sulfone groups is 2. The summed E-state index contributed by atoms with van der Waals surface area (Å²) in [5.41, 5.74) is 0. The van der Waals surface area contributed by atoms with Gasteiger partial charge in [-0.05, 0) is 19.3 Å². The van der Waals surface area contributed by atoms with Crippen molar-refractivity contribution in [1.82, 2.24) is 5.32 Å². The Bertz CT molecular complexity index is 535. The van der Waals surface area contributed by atoms with Crippen LogP contribution in [0.4, 0.5) is 0 Å². The molecule has 1 fully saturated rings. The van der Waals surface area contributed by atoms with Gasteiger partial charge in [-0.25, -0.2) is 16.8 Å². The molecule has 0 bridgehead atoms. The van der Waals surface area contributed by atoms with Crippen molar-refractivity contribution in [2.75, 3.05) is 12.0 Å². The highest BCUT2D eigenvalue weighted by Crippen LogP contribution is 2.24. The molecule has 1 N–H and O–H groups in total. The first kappa shape index (κ1) is 14.0. The first-order valence-electron chi connectivity index (χ1n) is 6.12. The Morgan fingerprint density at radius 1 is 1.28 bits per heavy atom. The Morgan fingerprint density at radius 3 is 2.56 bits per heavy atom. The summed E-state index contributed by atoms with van der Waals surface area (Å²) in [5, 5.41) is 4.20. The van der Waals surface area contributed by atoms with Crippen LogP contribution in [0, 0.1) is 0 Å². The van der Waals surface area contributed by atoms with Crippen LogP contribution < -0.4 is 5.32 Å². The largest absolute Gasteiger partial charge is 0.307 e. The van der Waals surface area contributed by atoms with Gasteiger partial charge in [0.15, 0.2) is 9.84 Å². The highest BCUT2D eigenvalue weighted by atomic mass is 32.2. The summed E-state index contributed by atoms with van der Waals surface area (Å²) in [7, 11) is -6.04. The lowest BCUT2D eigenvalue weighted by Gasteiger charge is -2.30. The van der Waals surface area contributed by atoms with E-state index in [1.54, 1.807) is 6.08 Å². The SMILES string of the molecule is CS(=O)(=O)C1CCCC(NC2C=CS(=O)(=O)C2)C1. The van der Waals surface area contributed by atoms with Crippen LogP contribution in [-0.2, 0) is 19.7 Å². The fraction of sp³-hybridized carbons (Fsp3) is 0.818. The van der Waals surface area contributed by atoms with Gasteiger partial charge in [-0.1, -0.05) is 12.5 Å². The summed E-state index contributed by atoms with van der Waals surface area (Å²) in [6.45, 7) is 0. The van der Waals surface area contributed by atoms with E-state index in [0.29, 0.717) is 6.42 Å². The molecule has 104 valence electrons. The van der Waals surface area contributed by atoms with E-state index in [1.165, 1.54) is 11.7 Å². The van der Waals surface area contributed by atoms with Crippen LogP contribution >= 0.6 is 0 Å². The summed E-state index contributed by atoms with van der Waals surface area (Å²) >= 11 is 0. The number of rotatable bonds is 3. The molecule has 5 nitrogen and oxygen atoms in total. The van der Waals surface area contributed by atoms with E-state index >= 15 is 0 Å². The van der Waals surface area contributed by atoms with E-state index in [9.17, 15) is 16.8 Å². The molecule has 3 atom stereocenters. The number of hydrogen-bond donors (Lipinski definition) is 1. The van der Waals surface area contributed by atoms with Crippen LogP contribution in [-0.4, -0.2) is 46.2 Å². The van der Waals surface area contributed by atoms with E-state index in [-0.39, 0.29) is 23.1 Å². The van der Waals surface area contributed by atoms with Crippen LogP contribution in [0.15, 0.2) is 11.5 Å². The maximum atomic E-state index is 11.5. The topological polar surface area (TPSA) is 80.3 Å². The molecule has 0 radical (unpaired) electrons. The van der Waals surface area contributed by atoms with Gasteiger partial charge in [0.2, 0.25) is 0 Å². The van der Waals surface area contributed by atoms with E-state index in [4.69, 9.17) is 0 Å². The van der Waals surface area contributed by atoms with Crippen molar-refractivity contribution in [2.24, 2.45) is 0 Å². The highest BCUT2D eigenvalue weighted by molar-refractivity contribution is 7.94. The first-order chi connectivity index (χ1) is 8.26. The minimum Gasteiger partial charge on any atom is -0.307 e. The van der Waals surface area contributed by atoms with Crippen molar-refractivity contribution in [3.8, 4) is 0 Å². The molecule has 0 aromatic heterocycles. The average Bonchev–Trinajstić information content (AvgIpc) is 2.57. The van der Waals surface area contributed by atoms with Crippen molar-refractivity contribution < 1.29 is 16.8 Å². The molecule has 1 aliphatic heterocycles. The minimum atomic E-state index is -3.05. The van der Waals surface area contributed by atoms with Crippen LogP contribution in [0.3, 0.4) is 0 Å². The zero-order valence-electron chi connectivity index (χ0n) is 10.4. The quantitative estimate of drug-likeness (QED) is 0.806. The van der Waals surface area contributed by atoms with E-state index < -0.39 is 19.7 Å². The smallest absolute Gasteiger partial charge is 0.173 e. The zero-order chi connectivity index (χ0) is 13.4. The molecule has 1 saturated carbocycles. The molecule has 2 rings (SSSR count). The fourth-order valence-corrected chi connectivity index (χ4v) is 5.09. The van der Waals surface area contributed by atoms with E-state index in [2.05, 4.69) is 5.32 Å². The molecule has 18 heavy (non-hydrogen) atoms. The van der Waals surface area contributed by atoms with E-state index in [1.807, 2.05) is 0 Å². The van der Waals surface area contributed by atoms with Crippen LogP contribution in [0.1, 0.15) is 25.7 Å². The summed E-state index contributed by atoms with van der Waals surface area (Å²) in [6, 6.07) is -0.0697. The first-order valence-corrected chi connectivity index (χ1v) is 9.79. The summed E-state index contributed by atoms with van der Waals surface area (Å²) in [5.74, 6) is 0.0903. The fourth-order valence-electron chi connectivity index (χ4n) is 2.67. The maximum Gasteiger partial charge on any atom is 0.173 e. The molecule has 1 aliphatic carbocycles. The molecule has 0 aromatic rings. The van der Waals surface area contributed by atoms with Crippen LogP contribution in [0.5, 0.6) is 0 Å². The van der Waals surface area contributed by atoms with E-state index in [0.717, 1.165) is 19.3 Å². The Kier molecular flexibility index (Phi) is 3.85. The van der Waals surface area contributed by atoms with Gasteiger partial charge in [-0.15, -0.1) is 0 Å². The van der Waals surface area contributed by atoms with Gasteiger partial charge in [-0.2, -0.15) is 0 Å². The second kappa shape index (κ2) is 4.94. The number of nitrogens with one attached hydrogen (secondary N) is 1. The van der Waals surface area contributed by atoms with Gasteiger partial charge < -0.3 is 5.32 Å². The average molecular weight is 293 g/mol. The lowest BCUT2D eigenvalue weighted by molar-refractivity contribution is 0.362. The second-order valence-electron chi connectivity index (χ2n) is 5.25. The minimum absolute atomic E-state index is 0.0903. The third-order valence-electron chi connectivity index (χ3n) is 3.61. The highest BCUT2D eigenvalue weighted by Gasteiger charge is 2.31. The van der Waals surface area contributed by atoms with Gasteiger partial charge >= 0.3 is 0 Å². The molecule has 0 aromatic carbocycles. The lowest BCUT2D eigenvalue weighted by Crippen LogP contribution is -2.44. The summed E-state index contributed by atoms with van der Waals surface area (Å²) < 4.78 is 45.6. The van der Waals surface area contributed by atoms with Crippen LogP contribution in [0.2, 0.25) is 0 Å². The molecular formula is C11H19NO4S2. The summed E-state index contributed by atoms with van der Waals surface area (Å²) in [4.78, 5) is 0. The maximum absolute atomic E-state index is 11.5. The Hall–Kier alpha value is -0.400. The normalized spacial score (nSPS) is 35.7.